The van der Waals surface area contributed by atoms with Crippen molar-refractivity contribution in [2.45, 2.75) is 31.3 Å². The summed E-state index contributed by atoms with van der Waals surface area (Å²) in [7, 11) is 5.51. The minimum atomic E-state index is -0.738. The molecule has 1 saturated heterocycles. The van der Waals surface area contributed by atoms with E-state index in [1.54, 1.807) is 19.2 Å². The van der Waals surface area contributed by atoms with Crippen LogP contribution in [-0.4, -0.2) is 62.4 Å². The van der Waals surface area contributed by atoms with Crippen LogP contribution >= 0.6 is 0 Å². The van der Waals surface area contributed by atoms with E-state index < -0.39 is 12.1 Å². The number of rotatable bonds is 7. The number of nitrogens with zero attached hydrogens (tertiary/aromatic N) is 2. The standard InChI is InChI=1S/C24H30N4O3/c1-27(2)19-13-11-18(12-14-19)24(31)28(3)21(16-17-8-5-4-6-9-17)23(30)26-20-10-7-15-25-22(20)29/h4-6,8-9,11-14,20-21H,7,10,15-16H2,1-3H3,(H,25,29)(H,26,30)/t20-,21-/m0/s1. The number of nitrogens with one attached hydrogen (secondary N) is 2. The van der Waals surface area contributed by atoms with E-state index in [0.717, 1.165) is 17.7 Å². The molecule has 3 amide bonds. The highest BCUT2D eigenvalue weighted by atomic mass is 16.2. The molecular formula is C24H30N4O3. The summed E-state index contributed by atoms with van der Waals surface area (Å²) in [6, 6.07) is 15.5. The molecule has 0 unspecified atom stereocenters. The zero-order chi connectivity index (χ0) is 22.4. The van der Waals surface area contributed by atoms with E-state index in [0.29, 0.717) is 24.9 Å². The molecule has 0 aliphatic carbocycles. The molecule has 1 aliphatic rings. The Hall–Kier alpha value is -3.35. The average molecular weight is 423 g/mol. The molecule has 1 aliphatic heterocycles. The van der Waals surface area contributed by atoms with Gasteiger partial charge in [-0.05, 0) is 42.7 Å². The fourth-order valence-corrected chi connectivity index (χ4v) is 3.67. The third-order valence-corrected chi connectivity index (χ3v) is 5.59. The highest BCUT2D eigenvalue weighted by molar-refractivity contribution is 5.98. The van der Waals surface area contributed by atoms with Crippen LogP contribution in [0.3, 0.4) is 0 Å². The molecule has 2 atom stereocenters. The van der Waals surface area contributed by atoms with Gasteiger partial charge in [0.1, 0.15) is 12.1 Å². The zero-order valence-corrected chi connectivity index (χ0v) is 18.3. The summed E-state index contributed by atoms with van der Waals surface area (Å²) in [5, 5.41) is 5.63. The van der Waals surface area contributed by atoms with Crippen molar-refractivity contribution in [2.24, 2.45) is 0 Å². The normalized spacial score (nSPS) is 16.7. The highest BCUT2D eigenvalue weighted by Crippen LogP contribution is 2.17. The van der Waals surface area contributed by atoms with E-state index in [1.165, 1.54) is 4.90 Å². The number of carbonyl (C=O) groups excluding carboxylic acids is 3. The summed E-state index contributed by atoms with van der Waals surface area (Å²) in [4.78, 5) is 41.9. The molecule has 1 heterocycles. The monoisotopic (exact) mass is 422 g/mol. The van der Waals surface area contributed by atoms with Crippen LogP contribution in [0.4, 0.5) is 5.69 Å². The van der Waals surface area contributed by atoms with Crippen LogP contribution in [0.15, 0.2) is 54.6 Å². The molecule has 1 fully saturated rings. The number of anilines is 1. The topological polar surface area (TPSA) is 81.8 Å². The van der Waals surface area contributed by atoms with E-state index in [4.69, 9.17) is 0 Å². The second-order valence-electron chi connectivity index (χ2n) is 8.06. The fourth-order valence-electron chi connectivity index (χ4n) is 3.67. The molecular weight excluding hydrogens is 392 g/mol. The van der Waals surface area contributed by atoms with E-state index in [-0.39, 0.29) is 17.7 Å². The molecule has 164 valence electrons. The van der Waals surface area contributed by atoms with E-state index in [2.05, 4.69) is 10.6 Å². The number of hydrogen-bond donors (Lipinski definition) is 2. The number of hydrogen-bond acceptors (Lipinski definition) is 4. The highest BCUT2D eigenvalue weighted by Gasteiger charge is 2.32. The maximum Gasteiger partial charge on any atom is 0.254 e. The first-order chi connectivity index (χ1) is 14.9. The molecule has 0 bridgehead atoms. The van der Waals surface area contributed by atoms with Crippen LogP contribution in [0.5, 0.6) is 0 Å². The number of benzene rings is 2. The molecule has 0 aromatic heterocycles. The second-order valence-corrected chi connectivity index (χ2v) is 8.06. The Kier molecular flexibility index (Phi) is 7.28. The molecule has 0 saturated carbocycles. The van der Waals surface area contributed by atoms with Gasteiger partial charge in [0.25, 0.3) is 5.91 Å². The van der Waals surface area contributed by atoms with E-state index >= 15 is 0 Å². The minimum absolute atomic E-state index is 0.175. The van der Waals surface area contributed by atoms with Crippen molar-refractivity contribution in [3.8, 4) is 0 Å². The Balaban J connectivity index is 1.80. The van der Waals surface area contributed by atoms with Crippen molar-refractivity contribution < 1.29 is 14.4 Å². The summed E-state index contributed by atoms with van der Waals surface area (Å²) in [6.45, 7) is 0.625. The van der Waals surface area contributed by atoms with E-state index in [1.807, 2.05) is 61.5 Å². The van der Waals surface area contributed by atoms with Gasteiger partial charge in [-0.1, -0.05) is 30.3 Å². The SMILES string of the molecule is CN(C)c1ccc(C(=O)N(C)[C@@H](Cc2ccccc2)C(=O)N[C@H]2CCCNC2=O)cc1. The number of piperidine rings is 1. The average Bonchev–Trinajstić information content (AvgIpc) is 2.78. The zero-order valence-electron chi connectivity index (χ0n) is 18.3. The molecule has 7 nitrogen and oxygen atoms in total. The summed E-state index contributed by atoms with van der Waals surface area (Å²) in [5.74, 6) is -0.743. The van der Waals surface area contributed by atoms with Gasteiger partial charge < -0.3 is 20.4 Å². The lowest BCUT2D eigenvalue weighted by atomic mass is 10.0. The van der Waals surface area contributed by atoms with Gasteiger partial charge in [0, 0.05) is 45.4 Å². The minimum Gasteiger partial charge on any atom is -0.378 e. The van der Waals surface area contributed by atoms with Gasteiger partial charge in [0.15, 0.2) is 0 Å². The van der Waals surface area contributed by atoms with Gasteiger partial charge in [-0.3, -0.25) is 14.4 Å². The Morgan fingerprint density at radius 1 is 1.06 bits per heavy atom. The molecule has 2 N–H and O–H groups in total. The van der Waals surface area contributed by atoms with Crippen LogP contribution in [-0.2, 0) is 16.0 Å². The third-order valence-electron chi connectivity index (χ3n) is 5.59. The Morgan fingerprint density at radius 3 is 2.35 bits per heavy atom. The molecule has 3 rings (SSSR count). The fraction of sp³-hybridized carbons (Fsp3) is 0.375. The van der Waals surface area contributed by atoms with Crippen molar-refractivity contribution in [3.63, 3.8) is 0 Å². The molecule has 7 heteroatoms. The van der Waals surface area contributed by atoms with Crippen LogP contribution in [0, 0.1) is 0 Å². The molecule has 2 aromatic rings. The first-order valence-corrected chi connectivity index (χ1v) is 10.5. The predicted molar refractivity (Wildman–Crippen MR) is 121 cm³/mol. The summed E-state index contributed by atoms with van der Waals surface area (Å²) >= 11 is 0. The third kappa shape index (κ3) is 5.63. The van der Waals surface area contributed by atoms with Gasteiger partial charge >= 0.3 is 0 Å². The molecule has 0 radical (unpaired) electrons. The van der Waals surface area contributed by atoms with Gasteiger partial charge in [-0.2, -0.15) is 0 Å². The lowest BCUT2D eigenvalue weighted by molar-refractivity contribution is -0.132. The van der Waals surface area contributed by atoms with Gasteiger partial charge in [0.2, 0.25) is 11.8 Å². The molecule has 31 heavy (non-hydrogen) atoms. The van der Waals surface area contributed by atoms with Crippen LogP contribution in [0.1, 0.15) is 28.8 Å². The first kappa shape index (κ1) is 22.3. The van der Waals surface area contributed by atoms with Crippen LogP contribution in [0.25, 0.3) is 0 Å². The maximum absolute atomic E-state index is 13.2. The van der Waals surface area contributed by atoms with Crippen LogP contribution < -0.4 is 15.5 Å². The summed E-state index contributed by atoms with van der Waals surface area (Å²) < 4.78 is 0. The van der Waals surface area contributed by atoms with Crippen molar-refractivity contribution in [2.75, 3.05) is 32.6 Å². The van der Waals surface area contributed by atoms with Gasteiger partial charge in [-0.25, -0.2) is 0 Å². The largest absolute Gasteiger partial charge is 0.378 e. The van der Waals surface area contributed by atoms with Crippen LogP contribution in [0.2, 0.25) is 0 Å². The number of amides is 3. The van der Waals surface area contributed by atoms with E-state index in [9.17, 15) is 14.4 Å². The van der Waals surface area contributed by atoms with Gasteiger partial charge in [-0.15, -0.1) is 0 Å². The lowest BCUT2D eigenvalue weighted by Gasteiger charge is -2.30. The Bertz CT molecular complexity index is 912. The summed E-state index contributed by atoms with van der Waals surface area (Å²) in [5.41, 5.74) is 2.44. The smallest absolute Gasteiger partial charge is 0.254 e. The maximum atomic E-state index is 13.2. The van der Waals surface area contributed by atoms with Crippen molar-refractivity contribution in [1.29, 1.82) is 0 Å². The first-order valence-electron chi connectivity index (χ1n) is 10.5. The number of likely N-dealkylation sites (N-methyl/N-ethyl adjacent to an activating group) is 1. The number of carbonyl (C=O) groups is 3. The molecule has 2 aromatic carbocycles. The lowest BCUT2D eigenvalue weighted by Crippen LogP contribution is -2.56. The second kappa shape index (κ2) is 10.1. The van der Waals surface area contributed by atoms with Crippen molar-refractivity contribution in [3.05, 3.63) is 65.7 Å². The predicted octanol–water partition coefficient (Wildman–Crippen LogP) is 1.83. The quantitative estimate of drug-likeness (QED) is 0.713. The van der Waals surface area contributed by atoms with Crippen molar-refractivity contribution in [1.82, 2.24) is 15.5 Å². The Labute approximate surface area is 183 Å². The van der Waals surface area contributed by atoms with Gasteiger partial charge in [0.05, 0.1) is 0 Å². The summed E-state index contributed by atoms with van der Waals surface area (Å²) in [6.07, 6.45) is 1.77. The molecule has 0 spiro atoms. The Morgan fingerprint density at radius 2 is 1.74 bits per heavy atom. The van der Waals surface area contributed by atoms with Crippen molar-refractivity contribution >= 4 is 23.4 Å².